The van der Waals surface area contributed by atoms with E-state index in [0.717, 1.165) is 54.3 Å². The van der Waals surface area contributed by atoms with Crippen LogP contribution in [-0.2, 0) is 6.54 Å². The standard InChI is InChI=1S/C29H26ClFN6/c1-36-12-14-37(15-13-36)22-9-7-21(8-10-22)34-29-33-18-19-17-32-28(24-4-2-3-5-26(24)31)25-16-20(30)6-11-23(25)27(19)35-29/h2-11,16,18H,12-15,17H2,1H3,(H,33,34,35). The van der Waals surface area contributed by atoms with Crippen LogP contribution in [0, 0.1) is 5.82 Å². The number of benzene rings is 3. The van der Waals surface area contributed by atoms with Crippen LogP contribution in [0.2, 0.25) is 5.02 Å². The molecule has 3 aromatic carbocycles. The minimum Gasteiger partial charge on any atom is -0.369 e. The summed E-state index contributed by atoms with van der Waals surface area (Å²) in [5.74, 6) is 0.160. The summed E-state index contributed by atoms with van der Waals surface area (Å²) in [5, 5.41) is 3.89. The molecule has 0 unspecified atom stereocenters. The van der Waals surface area contributed by atoms with Crippen LogP contribution in [0.15, 0.2) is 77.9 Å². The van der Waals surface area contributed by atoms with E-state index in [4.69, 9.17) is 21.6 Å². The summed E-state index contributed by atoms with van der Waals surface area (Å²) in [7, 11) is 2.16. The number of halogens is 2. The number of nitrogens with one attached hydrogen (secondary N) is 1. The summed E-state index contributed by atoms with van der Waals surface area (Å²) in [6.07, 6.45) is 1.79. The molecule has 1 saturated heterocycles. The van der Waals surface area contributed by atoms with Gasteiger partial charge in [0, 0.05) is 71.0 Å². The lowest BCUT2D eigenvalue weighted by atomic mass is 9.95. The molecular weight excluding hydrogens is 487 g/mol. The molecule has 0 atom stereocenters. The highest BCUT2D eigenvalue weighted by Crippen LogP contribution is 2.34. The van der Waals surface area contributed by atoms with Crippen LogP contribution in [0.4, 0.5) is 21.7 Å². The zero-order chi connectivity index (χ0) is 25.4. The maximum atomic E-state index is 14.7. The average molecular weight is 513 g/mol. The Balaban J connectivity index is 1.31. The lowest BCUT2D eigenvalue weighted by molar-refractivity contribution is 0.313. The van der Waals surface area contributed by atoms with Gasteiger partial charge in [-0.1, -0.05) is 29.8 Å². The van der Waals surface area contributed by atoms with Crippen molar-refractivity contribution in [3.63, 3.8) is 0 Å². The maximum absolute atomic E-state index is 14.7. The van der Waals surface area contributed by atoms with Crippen LogP contribution in [0.5, 0.6) is 0 Å². The Bertz CT molecular complexity index is 1480. The van der Waals surface area contributed by atoms with E-state index in [1.807, 2.05) is 18.2 Å². The van der Waals surface area contributed by atoms with Gasteiger partial charge in [0.05, 0.1) is 18.0 Å². The van der Waals surface area contributed by atoms with E-state index in [9.17, 15) is 4.39 Å². The fraction of sp³-hybridized carbons (Fsp3) is 0.207. The first kappa shape index (κ1) is 23.6. The first-order valence-corrected chi connectivity index (χ1v) is 12.7. The predicted octanol–water partition coefficient (Wildman–Crippen LogP) is 5.78. The molecule has 3 heterocycles. The molecule has 1 N–H and O–H groups in total. The largest absolute Gasteiger partial charge is 0.369 e. The number of rotatable bonds is 4. The fourth-order valence-electron chi connectivity index (χ4n) is 4.82. The number of hydrogen-bond acceptors (Lipinski definition) is 6. The number of hydrogen-bond donors (Lipinski definition) is 1. The van der Waals surface area contributed by atoms with Crippen molar-refractivity contribution in [1.82, 2.24) is 14.9 Å². The third-order valence-electron chi connectivity index (χ3n) is 6.88. The van der Waals surface area contributed by atoms with E-state index in [-0.39, 0.29) is 5.82 Å². The minimum absolute atomic E-state index is 0.327. The lowest BCUT2D eigenvalue weighted by Gasteiger charge is -2.34. The summed E-state index contributed by atoms with van der Waals surface area (Å²) in [6.45, 7) is 4.52. The van der Waals surface area contributed by atoms with Gasteiger partial charge in [-0.3, -0.25) is 4.99 Å². The zero-order valence-electron chi connectivity index (χ0n) is 20.5. The van der Waals surface area contributed by atoms with Gasteiger partial charge in [0.2, 0.25) is 5.95 Å². The van der Waals surface area contributed by atoms with Gasteiger partial charge >= 0.3 is 0 Å². The molecule has 0 saturated carbocycles. The number of piperazine rings is 1. The molecule has 0 bridgehead atoms. The summed E-state index contributed by atoms with van der Waals surface area (Å²) in [4.78, 5) is 18.9. The normalized spacial score (nSPS) is 15.4. The molecule has 2 aliphatic heterocycles. The lowest BCUT2D eigenvalue weighted by Crippen LogP contribution is -2.44. The highest BCUT2D eigenvalue weighted by Gasteiger charge is 2.23. The van der Waals surface area contributed by atoms with E-state index in [1.165, 1.54) is 11.8 Å². The van der Waals surface area contributed by atoms with E-state index < -0.39 is 0 Å². The zero-order valence-corrected chi connectivity index (χ0v) is 21.2. The first-order chi connectivity index (χ1) is 18.0. The van der Waals surface area contributed by atoms with E-state index in [1.54, 1.807) is 24.4 Å². The van der Waals surface area contributed by atoms with Gasteiger partial charge in [0.1, 0.15) is 5.82 Å². The highest BCUT2D eigenvalue weighted by atomic mass is 35.5. The van der Waals surface area contributed by atoms with E-state index >= 15 is 0 Å². The highest BCUT2D eigenvalue weighted by molar-refractivity contribution is 6.31. The number of likely N-dealkylation sites (N-methyl/N-ethyl adjacent to an activating group) is 1. The van der Waals surface area contributed by atoms with Gasteiger partial charge in [-0.2, -0.15) is 0 Å². The smallest absolute Gasteiger partial charge is 0.227 e. The predicted molar refractivity (Wildman–Crippen MR) is 148 cm³/mol. The molecular formula is C29H26ClFN6. The Morgan fingerprint density at radius 2 is 1.68 bits per heavy atom. The number of anilines is 3. The Morgan fingerprint density at radius 1 is 0.892 bits per heavy atom. The monoisotopic (exact) mass is 512 g/mol. The summed E-state index contributed by atoms with van der Waals surface area (Å²) in [5.41, 5.74) is 6.33. The molecule has 4 aromatic rings. The quantitative estimate of drug-likeness (QED) is 0.375. The molecule has 6 rings (SSSR count). The van der Waals surface area contributed by atoms with Crippen LogP contribution < -0.4 is 10.2 Å². The van der Waals surface area contributed by atoms with Crippen LogP contribution >= 0.6 is 11.6 Å². The minimum atomic E-state index is -0.327. The Hall–Kier alpha value is -3.81. The Morgan fingerprint density at radius 3 is 2.46 bits per heavy atom. The number of fused-ring (bicyclic) bond motifs is 3. The van der Waals surface area contributed by atoms with Gasteiger partial charge in [0.15, 0.2) is 0 Å². The molecule has 0 amide bonds. The molecule has 0 radical (unpaired) electrons. The summed E-state index contributed by atoms with van der Waals surface area (Å²) in [6, 6.07) is 20.6. The van der Waals surface area contributed by atoms with Crippen molar-refractivity contribution in [3.8, 4) is 11.3 Å². The number of aromatic nitrogens is 2. The second-order valence-electron chi connectivity index (χ2n) is 9.36. The van der Waals surface area contributed by atoms with Crippen LogP contribution in [0.1, 0.15) is 16.7 Å². The van der Waals surface area contributed by atoms with Gasteiger partial charge < -0.3 is 15.1 Å². The SMILES string of the molecule is CN1CCN(c2ccc(Nc3ncc4c(n3)-c3ccc(Cl)cc3C(c3ccccc3F)=NC4)cc2)CC1. The average Bonchev–Trinajstić information content (AvgIpc) is 3.06. The molecule has 8 heteroatoms. The van der Waals surface area contributed by atoms with Gasteiger partial charge in [-0.25, -0.2) is 14.4 Å². The van der Waals surface area contributed by atoms with Gasteiger partial charge in [-0.15, -0.1) is 0 Å². The van der Waals surface area contributed by atoms with Gasteiger partial charge in [0.25, 0.3) is 0 Å². The molecule has 1 fully saturated rings. The summed E-state index contributed by atoms with van der Waals surface area (Å²) < 4.78 is 14.7. The van der Waals surface area contributed by atoms with Crippen molar-refractivity contribution in [2.24, 2.45) is 4.99 Å². The van der Waals surface area contributed by atoms with Crippen molar-refractivity contribution in [2.75, 3.05) is 43.4 Å². The second-order valence-corrected chi connectivity index (χ2v) is 9.80. The molecule has 0 aliphatic carbocycles. The fourth-order valence-corrected chi connectivity index (χ4v) is 4.99. The topological polar surface area (TPSA) is 56.6 Å². The van der Waals surface area contributed by atoms with Crippen molar-refractivity contribution in [1.29, 1.82) is 0 Å². The maximum Gasteiger partial charge on any atom is 0.227 e. The third-order valence-corrected chi connectivity index (χ3v) is 7.12. The molecule has 6 nitrogen and oxygen atoms in total. The second kappa shape index (κ2) is 9.92. The molecule has 37 heavy (non-hydrogen) atoms. The van der Waals surface area contributed by atoms with Crippen LogP contribution in [-0.4, -0.2) is 53.8 Å². The summed E-state index contributed by atoms with van der Waals surface area (Å²) >= 11 is 6.36. The van der Waals surface area contributed by atoms with Crippen molar-refractivity contribution >= 4 is 34.6 Å². The van der Waals surface area contributed by atoms with Crippen LogP contribution in [0.3, 0.4) is 0 Å². The molecule has 0 spiro atoms. The Labute approximate surface area is 220 Å². The van der Waals surface area contributed by atoms with Crippen LogP contribution in [0.25, 0.3) is 11.3 Å². The third kappa shape index (κ3) is 4.80. The van der Waals surface area contributed by atoms with Crippen molar-refractivity contribution < 1.29 is 4.39 Å². The Kier molecular flexibility index (Phi) is 6.32. The van der Waals surface area contributed by atoms with Crippen molar-refractivity contribution in [3.05, 3.63) is 100 Å². The molecule has 1 aromatic heterocycles. The van der Waals surface area contributed by atoms with E-state index in [2.05, 4.69) is 51.4 Å². The van der Waals surface area contributed by atoms with Crippen molar-refractivity contribution in [2.45, 2.75) is 6.54 Å². The number of aliphatic imine (C=N–C) groups is 1. The first-order valence-electron chi connectivity index (χ1n) is 12.3. The molecule has 2 aliphatic rings. The molecule has 186 valence electrons. The van der Waals surface area contributed by atoms with E-state index in [0.29, 0.717) is 28.8 Å². The van der Waals surface area contributed by atoms with Gasteiger partial charge in [-0.05, 0) is 55.6 Å². The number of nitrogens with zero attached hydrogens (tertiary/aromatic N) is 5.